The lowest BCUT2D eigenvalue weighted by Crippen LogP contribution is -2.36. The lowest BCUT2D eigenvalue weighted by molar-refractivity contribution is 0.0743. The standard InChI is InChI=1S/C19H20N2O3/c1-12(10-14-6-4-5-9-20-14)21(3)19(23)18-13(2)24-17-8-7-15(22)11-16(17)18/h4-9,11-12,22H,10H2,1-3H3/t12-/m0/s1. The van der Waals surface area contributed by atoms with Gasteiger partial charge < -0.3 is 14.4 Å². The van der Waals surface area contributed by atoms with Crippen LogP contribution in [0.5, 0.6) is 5.75 Å². The summed E-state index contributed by atoms with van der Waals surface area (Å²) < 4.78 is 5.65. The first kappa shape index (κ1) is 16.1. The second-order valence-corrected chi connectivity index (χ2v) is 6.00. The van der Waals surface area contributed by atoms with Crippen molar-refractivity contribution in [1.82, 2.24) is 9.88 Å². The van der Waals surface area contributed by atoms with Crippen LogP contribution in [-0.4, -0.2) is 34.0 Å². The van der Waals surface area contributed by atoms with E-state index in [0.717, 1.165) is 5.69 Å². The molecule has 1 aromatic carbocycles. The monoisotopic (exact) mass is 324 g/mol. The summed E-state index contributed by atoms with van der Waals surface area (Å²) in [6.07, 6.45) is 2.42. The molecule has 0 saturated carbocycles. The number of phenols is 1. The van der Waals surface area contributed by atoms with Crippen LogP contribution in [-0.2, 0) is 6.42 Å². The SMILES string of the molecule is Cc1oc2ccc(O)cc2c1C(=O)N(C)[C@@H](C)Cc1ccccn1. The van der Waals surface area contributed by atoms with Crippen LogP contribution < -0.4 is 0 Å². The molecule has 3 rings (SSSR count). The van der Waals surface area contributed by atoms with Gasteiger partial charge in [0.05, 0.1) is 5.56 Å². The molecule has 0 spiro atoms. The van der Waals surface area contributed by atoms with Gasteiger partial charge in [-0.2, -0.15) is 0 Å². The number of carbonyl (C=O) groups excluding carboxylic acids is 1. The average Bonchev–Trinajstić information content (AvgIpc) is 2.89. The van der Waals surface area contributed by atoms with Crippen molar-refractivity contribution in [1.29, 1.82) is 0 Å². The Balaban J connectivity index is 1.88. The van der Waals surface area contributed by atoms with Crippen molar-refractivity contribution >= 4 is 16.9 Å². The molecule has 2 aromatic heterocycles. The summed E-state index contributed by atoms with van der Waals surface area (Å²) in [6.45, 7) is 3.75. The number of rotatable bonds is 4. The van der Waals surface area contributed by atoms with Gasteiger partial charge in [0.25, 0.3) is 5.91 Å². The number of phenolic OH excluding ortho intramolecular Hbond substituents is 1. The van der Waals surface area contributed by atoms with Crippen LogP contribution in [0.2, 0.25) is 0 Å². The predicted octanol–water partition coefficient (Wildman–Crippen LogP) is 3.55. The highest BCUT2D eigenvalue weighted by Crippen LogP contribution is 2.29. The summed E-state index contributed by atoms with van der Waals surface area (Å²) in [6, 6.07) is 10.5. The van der Waals surface area contributed by atoms with E-state index < -0.39 is 0 Å². The van der Waals surface area contributed by atoms with Crippen molar-refractivity contribution in [2.75, 3.05) is 7.05 Å². The molecule has 0 aliphatic carbocycles. The molecule has 0 saturated heterocycles. The number of carbonyl (C=O) groups is 1. The van der Waals surface area contributed by atoms with Crippen LogP contribution in [0, 0.1) is 6.92 Å². The number of hydrogen-bond acceptors (Lipinski definition) is 4. The molecule has 0 aliphatic rings. The minimum absolute atomic E-state index is 0.0194. The fourth-order valence-electron chi connectivity index (χ4n) is 2.81. The van der Waals surface area contributed by atoms with E-state index >= 15 is 0 Å². The van der Waals surface area contributed by atoms with Crippen molar-refractivity contribution in [2.24, 2.45) is 0 Å². The number of furan rings is 1. The molecule has 0 unspecified atom stereocenters. The van der Waals surface area contributed by atoms with Crippen LogP contribution in [0.15, 0.2) is 47.0 Å². The summed E-state index contributed by atoms with van der Waals surface area (Å²) in [4.78, 5) is 19.0. The number of likely N-dealkylation sites (N-methyl/N-ethyl adjacent to an activating group) is 1. The third-order valence-corrected chi connectivity index (χ3v) is 4.27. The van der Waals surface area contributed by atoms with E-state index in [1.54, 1.807) is 43.3 Å². The fraction of sp³-hybridized carbons (Fsp3) is 0.263. The highest BCUT2D eigenvalue weighted by Gasteiger charge is 2.24. The van der Waals surface area contributed by atoms with Crippen LogP contribution in [0.3, 0.4) is 0 Å². The smallest absolute Gasteiger partial charge is 0.258 e. The topological polar surface area (TPSA) is 66.6 Å². The third kappa shape index (κ3) is 2.97. The van der Waals surface area contributed by atoms with Crippen LogP contribution >= 0.6 is 0 Å². The molecular weight excluding hydrogens is 304 g/mol. The molecule has 124 valence electrons. The zero-order valence-corrected chi connectivity index (χ0v) is 14.0. The van der Waals surface area contributed by atoms with Crippen molar-refractivity contribution < 1.29 is 14.3 Å². The minimum atomic E-state index is -0.125. The number of aryl methyl sites for hydroxylation is 1. The van der Waals surface area contributed by atoms with Gasteiger partial charge in [-0.25, -0.2) is 0 Å². The molecular formula is C19H20N2O3. The number of fused-ring (bicyclic) bond motifs is 1. The Bertz CT molecular complexity index is 871. The van der Waals surface area contributed by atoms with E-state index in [1.165, 1.54) is 0 Å². The lowest BCUT2D eigenvalue weighted by atomic mass is 10.1. The molecule has 5 heteroatoms. The van der Waals surface area contributed by atoms with Crippen LogP contribution in [0.4, 0.5) is 0 Å². The van der Waals surface area contributed by atoms with Crippen molar-refractivity contribution in [3.63, 3.8) is 0 Å². The maximum absolute atomic E-state index is 12.9. The third-order valence-electron chi connectivity index (χ3n) is 4.27. The Labute approximate surface area is 140 Å². The molecule has 1 amide bonds. The van der Waals surface area contributed by atoms with Gasteiger partial charge in [0.2, 0.25) is 0 Å². The Kier molecular flexibility index (Phi) is 4.25. The average molecular weight is 324 g/mol. The summed E-state index contributed by atoms with van der Waals surface area (Å²) in [5, 5.41) is 10.3. The van der Waals surface area contributed by atoms with Crippen molar-refractivity contribution in [2.45, 2.75) is 26.3 Å². The second kappa shape index (κ2) is 6.35. The Hall–Kier alpha value is -2.82. The fourth-order valence-corrected chi connectivity index (χ4v) is 2.81. The van der Waals surface area contributed by atoms with Gasteiger partial charge in [-0.15, -0.1) is 0 Å². The van der Waals surface area contributed by atoms with E-state index in [-0.39, 0.29) is 17.7 Å². The maximum atomic E-state index is 12.9. The summed E-state index contributed by atoms with van der Waals surface area (Å²) in [5.74, 6) is 0.541. The number of amides is 1. The number of benzene rings is 1. The Morgan fingerprint density at radius 2 is 2.12 bits per heavy atom. The number of hydrogen-bond donors (Lipinski definition) is 1. The van der Waals surface area contributed by atoms with E-state index in [2.05, 4.69) is 4.98 Å². The molecule has 0 aliphatic heterocycles. The molecule has 1 atom stereocenters. The molecule has 2 heterocycles. The predicted molar refractivity (Wildman–Crippen MR) is 92.1 cm³/mol. The molecule has 24 heavy (non-hydrogen) atoms. The number of aromatic nitrogens is 1. The highest BCUT2D eigenvalue weighted by atomic mass is 16.3. The first-order valence-electron chi connectivity index (χ1n) is 7.86. The quantitative estimate of drug-likeness (QED) is 0.797. The van der Waals surface area contributed by atoms with Crippen LogP contribution in [0.25, 0.3) is 11.0 Å². The Morgan fingerprint density at radius 1 is 1.33 bits per heavy atom. The Morgan fingerprint density at radius 3 is 2.83 bits per heavy atom. The van der Waals surface area contributed by atoms with Gasteiger partial charge >= 0.3 is 0 Å². The maximum Gasteiger partial charge on any atom is 0.258 e. The summed E-state index contributed by atoms with van der Waals surface area (Å²) in [7, 11) is 1.77. The zero-order chi connectivity index (χ0) is 17.3. The van der Waals surface area contributed by atoms with Gasteiger partial charge in [0.15, 0.2) is 0 Å². The first-order chi connectivity index (χ1) is 11.5. The number of nitrogens with zero attached hydrogens (tertiary/aromatic N) is 2. The van der Waals surface area contributed by atoms with Gasteiger partial charge in [-0.3, -0.25) is 9.78 Å². The molecule has 0 radical (unpaired) electrons. The van der Waals surface area contributed by atoms with E-state index in [0.29, 0.717) is 28.7 Å². The summed E-state index contributed by atoms with van der Waals surface area (Å²) >= 11 is 0. The minimum Gasteiger partial charge on any atom is -0.508 e. The second-order valence-electron chi connectivity index (χ2n) is 6.00. The van der Waals surface area contributed by atoms with Gasteiger partial charge in [0, 0.05) is 36.8 Å². The summed E-state index contributed by atoms with van der Waals surface area (Å²) in [5.41, 5.74) is 2.03. The zero-order valence-electron chi connectivity index (χ0n) is 14.0. The van der Waals surface area contributed by atoms with Gasteiger partial charge in [0.1, 0.15) is 17.1 Å². The molecule has 5 nitrogen and oxygen atoms in total. The normalized spacial score (nSPS) is 12.3. The van der Waals surface area contributed by atoms with Gasteiger partial charge in [-0.1, -0.05) is 6.07 Å². The van der Waals surface area contributed by atoms with E-state index in [1.807, 2.05) is 25.1 Å². The number of aromatic hydroxyl groups is 1. The molecule has 0 bridgehead atoms. The molecule has 1 N–H and O–H groups in total. The van der Waals surface area contributed by atoms with E-state index in [4.69, 9.17) is 4.42 Å². The van der Waals surface area contributed by atoms with Crippen LogP contribution in [0.1, 0.15) is 28.7 Å². The largest absolute Gasteiger partial charge is 0.508 e. The van der Waals surface area contributed by atoms with E-state index in [9.17, 15) is 9.90 Å². The van der Waals surface area contributed by atoms with Crippen molar-refractivity contribution in [3.8, 4) is 5.75 Å². The molecule has 0 fully saturated rings. The first-order valence-corrected chi connectivity index (χ1v) is 7.86. The lowest BCUT2D eigenvalue weighted by Gasteiger charge is -2.24. The van der Waals surface area contributed by atoms with Crippen molar-refractivity contribution in [3.05, 3.63) is 59.6 Å². The number of pyridine rings is 1. The highest BCUT2D eigenvalue weighted by molar-refractivity contribution is 6.07. The van der Waals surface area contributed by atoms with Gasteiger partial charge in [-0.05, 0) is 44.2 Å². The molecule has 3 aromatic rings.